The Morgan fingerprint density at radius 1 is 1.45 bits per heavy atom. The normalized spacial score (nSPS) is 47.5. The van der Waals surface area contributed by atoms with E-state index in [0.29, 0.717) is 13.0 Å². The lowest BCUT2D eigenvalue weighted by Gasteiger charge is -2.64. The van der Waals surface area contributed by atoms with E-state index in [1.807, 2.05) is 6.92 Å². The average Bonchev–Trinajstić information content (AvgIpc) is 2.90. The molecule has 1 spiro atoms. The molecule has 1 aliphatic heterocycles. The van der Waals surface area contributed by atoms with Crippen molar-refractivity contribution in [1.82, 2.24) is 0 Å². The highest BCUT2D eigenvalue weighted by molar-refractivity contribution is 5.91. The Labute approximate surface area is 118 Å². The summed E-state index contributed by atoms with van der Waals surface area (Å²) in [4.78, 5) is 24.5. The van der Waals surface area contributed by atoms with Crippen LogP contribution in [-0.4, -0.2) is 24.6 Å². The summed E-state index contributed by atoms with van der Waals surface area (Å²) in [6.07, 6.45) is 5.04. The van der Waals surface area contributed by atoms with Crippen molar-refractivity contribution >= 4 is 11.9 Å². The van der Waals surface area contributed by atoms with Gasteiger partial charge in [-0.1, -0.05) is 25.0 Å². The molecule has 4 bridgehead atoms. The van der Waals surface area contributed by atoms with Crippen molar-refractivity contribution in [2.24, 2.45) is 16.2 Å². The topological polar surface area (TPSA) is 52.6 Å². The quantitative estimate of drug-likeness (QED) is 0.586. The van der Waals surface area contributed by atoms with Crippen molar-refractivity contribution in [3.8, 4) is 0 Å². The molecule has 4 heteroatoms. The zero-order valence-electron chi connectivity index (χ0n) is 11.9. The monoisotopic (exact) mass is 276 g/mol. The standard InChI is InChI=1S/C16H20O4/c1-3-19-12(17)9-14-8-11-15(10(14)2)6-4-5-7-16(14,15)13(18)20-11/h11H,2-9H2,1H3/t11-,14?,15?,16+/m0/s1. The maximum Gasteiger partial charge on any atom is 0.314 e. The Morgan fingerprint density at radius 3 is 2.95 bits per heavy atom. The molecular weight excluding hydrogens is 256 g/mol. The summed E-state index contributed by atoms with van der Waals surface area (Å²) < 4.78 is 10.8. The number of hydrogen-bond donors (Lipinski definition) is 0. The number of ether oxygens (including phenoxy) is 2. The van der Waals surface area contributed by atoms with E-state index in [2.05, 4.69) is 6.58 Å². The van der Waals surface area contributed by atoms with Gasteiger partial charge in [0.15, 0.2) is 0 Å². The predicted octanol–water partition coefficient (Wildman–Crippen LogP) is 2.37. The van der Waals surface area contributed by atoms with E-state index >= 15 is 0 Å². The van der Waals surface area contributed by atoms with E-state index in [4.69, 9.17) is 9.47 Å². The first-order chi connectivity index (χ1) is 9.55. The molecule has 1 heterocycles. The van der Waals surface area contributed by atoms with Crippen LogP contribution >= 0.6 is 0 Å². The van der Waals surface area contributed by atoms with E-state index in [1.54, 1.807) is 0 Å². The van der Waals surface area contributed by atoms with Gasteiger partial charge in [-0.25, -0.2) is 0 Å². The van der Waals surface area contributed by atoms with Gasteiger partial charge >= 0.3 is 11.9 Å². The van der Waals surface area contributed by atoms with E-state index in [9.17, 15) is 9.59 Å². The lowest BCUT2D eigenvalue weighted by atomic mass is 9.35. The highest BCUT2D eigenvalue weighted by atomic mass is 16.6. The molecule has 4 saturated carbocycles. The van der Waals surface area contributed by atoms with E-state index < -0.39 is 5.41 Å². The second-order valence-electron chi connectivity index (χ2n) is 6.72. The predicted molar refractivity (Wildman–Crippen MR) is 70.7 cm³/mol. The minimum Gasteiger partial charge on any atom is -0.466 e. The SMILES string of the molecule is C=C1C2(CC(=O)OCC)C[C@@H]3OC(=O)[C@]24CCCCC134. The van der Waals surface area contributed by atoms with Crippen LogP contribution in [-0.2, 0) is 19.1 Å². The Hall–Kier alpha value is -1.32. The van der Waals surface area contributed by atoms with Crippen molar-refractivity contribution in [2.45, 2.75) is 51.6 Å². The van der Waals surface area contributed by atoms with Crippen LogP contribution in [0.25, 0.3) is 0 Å². The second-order valence-corrected chi connectivity index (χ2v) is 6.72. The summed E-state index contributed by atoms with van der Waals surface area (Å²) in [5.74, 6) is -0.285. The maximum absolute atomic E-state index is 12.5. The molecule has 0 aromatic carbocycles. The lowest BCUT2D eigenvalue weighted by molar-refractivity contribution is -0.178. The Bertz CT molecular complexity index is 539. The third-order valence-electron chi connectivity index (χ3n) is 6.50. The van der Waals surface area contributed by atoms with Gasteiger partial charge in [0.2, 0.25) is 0 Å². The number of carbonyl (C=O) groups is 2. The summed E-state index contributed by atoms with van der Waals surface area (Å²) in [6.45, 7) is 6.47. The van der Waals surface area contributed by atoms with Crippen LogP contribution < -0.4 is 0 Å². The molecule has 20 heavy (non-hydrogen) atoms. The molecule has 0 N–H and O–H groups in total. The highest BCUT2D eigenvalue weighted by Crippen LogP contribution is 2.89. The van der Waals surface area contributed by atoms with Crippen molar-refractivity contribution < 1.29 is 19.1 Å². The summed E-state index contributed by atoms with van der Waals surface area (Å²) >= 11 is 0. The third-order valence-corrected chi connectivity index (χ3v) is 6.50. The smallest absolute Gasteiger partial charge is 0.314 e. The van der Waals surface area contributed by atoms with Gasteiger partial charge in [-0.2, -0.15) is 0 Å². The van der Waals surface area contributed by atoms with Crippen LogP contribution in [0.3, 0.4) is 0 Å². The molecule has 4 aliphatic carbocycles. The fourth-order valence-corrected chi connectivity index (χ4v) is 5.99. The number of hydrogen-bond acceptors (Lipinski definition) is 4. The van der Waals surface area contributed by atoms with Crippen LogP contribution in [0.5, 0.6) is 0 Å². The Kier molecular flexibility index (Phi) is 2.15. The van der Waals surface area contributed by atoms with Crippen molar-refractivity contribution in [3.05, 3.63) is 12.2 Å². The number of rotatable bonds is 3. The minimum absolute atomic E-state index is 0.0442. The fraction of sp³-hybridized carbons (Fsp3) is 0.750. The maximum atomic E-state index is 12.5. The zero-order chi connectivity index (χ0) is 14.2. The van der Waals surface area contributed by atoms with Gasteiger partial charge in [0.05, 0.1) is 18.4 Å². The van der Waals surface area contributed by atoms with E-state index in [0.717, 1.165) is 37.7 Å². The minimum atomic E-state index is -0.466. The van der Waals surface area contributed by atoms with Gasteiger partial charge in [-0.15, -0.1) is 0 Å². The molecule has 0 radical (unpaired) electrons. The molecule has 4 atom stereocenters. The molecule has 4 nitrogen and oxygen atoms in total. The van der Waals surface area contributed by atoms with Crippen LogP contribution in [0.4, 0.5) is 0 Å². The number of carbonyl (C=O) groups excluding carboxylic acids is 2. The first kappa shape index (κ1) is 12.4. The molecule has 108 valence electrons. The summed E-state index contributed by atoms with van der Waals surface area (Å²) in [5, 5.41) is 0. The average molecular weight is 276 g/mol. The van der Waals surface area contributed by atoms with Crippen molar-refractivity contribution in [2.75, 3.05) is 6.61 Å². The highest BCUT2D eigenvalue weighted by Gasteiger charge is 2.91. The Morgan fingerprint density at radius 2 is 2.20 bits per heavy atom. The first-order valence-electron chi connectivity index (χ1n) is 7.62. The van der Waals surface area contributed by atoms with Gasteiger partial charge in [-0.3, -0.25) is 9.59 Å². The molecule has 0 aromatic rings. The number of esters is 2. The molecule has 2 unspecified atom stereocenters. The second kappa shape index (κ2) is 3.46. The summed E-state index contributed by atoms with van der Waals surface area (Å²) in [5.41, 5.74) is 0.0926. The van der Waals surface area contributed by atoms with Crippen molar-refractivity contribution in [1.29, 1.82) is 0 Å². The van der Waals surface area contributed by atoms with Gasteiger partial charge in [0.25, 0.3) is 0 Å². The van der Waals surface area contributed by atoms with E-state index in [-0.39, 0.29) is 28.9 Å². The van der Waals surface area contributed by atoms with Gasteiger partial charge in [0.1, 0.15) is 6.10 Å². The van der Waals surface area contributed by atoms with Crippen LogP contribution in [0.15, 0.2) is 12.2 Å². The largest absolute Gasteiger partial charge is 0.466 e. The molecule has 1 saturated heterocycles. The molecule has 5 fully saturated rings. The van der Waals surface area contributed by atoms with Gasteiger partial charge < -0.3 is 9.47 Å². The Balaban J connectivity index is 1.77. The molecule has 0 amide bonds. The molecular formula is C16H20O4. The molecule has 0 aromatic heterocycles. The molecule has 5 rings (SSSR count). The molecule has 5 aliphatic rings. The zero-order valence-corrected chi connectivity index (χ0v) is 11.9. The van der Waals surface area contributed by atoms with Crippen LogP contribution in [0.2, 0.25) is 0 Å². The van der Waals surface area contributed by atoms with E-state index in [1.165, 1.54) is 0 Å². The van der Waals surface area contributed by atoms with Crippen molar-refractivity contribution in [3.63, 3.8) is 0 Å². The van der Waals surface area contributed by atoms with Gasteiger partial charge in [0, 0.05) is 10.8 Å². The van der Waals surface area contributed by atoms with Gasteiger partial charge in [-0.05, 0) is 26.2 Å². The van der Waals surface area contributed by atoms with Crippen LogP contribution in [0, 0.1) is 16.2 Å². The summed E-state index contributed by atoms with van der Waals surface area (Å²) in [6, 6.07) is 0. The van der Waals surface area contributed by atoms with Crippen LogP contribution in [0.1, 0.15) is 45.4 Å². The lowest BCUT2D eigenvalue weighted by Crippen LogP contribution is -2.65. The summed E-state index contributed by atoms with van der Waals surface area (Å²) in [7, 11) is 0. The first-order valence-corrected chi connectivity index (χ1v) is 7.62. The third kappa shape index (κ3) is 0.922. The fourth-order valence-electron chi connectivity index (χ4n) is 5.99.